The van der Waals surface area contributed by atoms with Gasteiger partial charge in [-0.1, -0.05) is 24.3 Å². The number of carbonyl (C=O) groups is 2. The molecule has 0 radical (unpaired) electrons. The summed E-state index contributed by atoms with van der Waals surface area (Å²) in [7, 11) is 0. The molecule has 0 aromatic rings. The number of nitrogens with one attached hydrogen (secondary N) is 1. The van der Waals surface area contributed by atoms with Crippen LogP contribution in [-0.2, 0) is 14.3 Å². The average Bonchev–Trinajstić information content (AvgIpc) is 2.80. The van der Waals surface area contributed by atoms with E-state index in [4.69, 9.17) is 4.74 Å². The van der Waals surface area contributed by atoms with Crippen LogP contribution in [-0.4, -0.2) is 98.1 Å². The minimum absolute atomic E-state index is 0.0602. The molecular formula is C21H32N4O3. The lowest BCUT2D eigenvalue weighted by atomic mass is 9.79. The molecule has 0 spiro atoms. The highest BCUT2D eigenvalue weighted by Crippen LogP contribution is 2.33. The third-order valence-electron chi connectivity index (χ3n) is 6.34. The summed E-state index contributed by atoms with van der Waals surface area (Å²) in [6.45, 7) is 7.58. The van der Waals surface area contributed by atoms with E-state index in [-0.39, 0.29) is 17.9 Å². The van der Waals surface area contributed by atoms with Crippen LogP contribution in [0.3, 0.4) is 0 Å². The van der Waals surface area contributed by atoms with Gasteiger partial charge in [-0.3, -0.25) is 14.5 Å². The van der Waals surface area contributed by atoms with Gasteiger partial charge in [0, 0.05) is 58.4 Å². The van der Waals surface area contributed by atoms with E-state index in [0.29, 0.717) is 26.3 Å². The average molecular weight is 389 g/mol. The Morgan fingerprint density at radius 1 is 0.821 bits per heavy atom. The monoisotopic (exact) mass is 388 g/mol. The maximum Gasteiger partial charge on any atom is 0.246 e. The number of likely N-dealkylation sites (tertiary alicyclic amines) is 1. The number of hydrogen-bond acceptors (Lipinski definition) is 5. The molecule has 0 saturated carbocycles. The van der Waals surface area contributed by atoms with Crippen molar-refractivity contribution in [3.63, 3.8) is 0 Å². The van der Waals surface area contributed by atoms with E-state index in [9.17, 15) is 9.59 Å². The Morgan fingerprint density at radius 3 is 2.00 bits per heavy atom. The van der Waals surface area contributed by atoms with Gasteiger partial charge in [0.1, 0.15) is 0 Å². The number of amides is 2. The summed E-state index contributed by atoms with van der Waals surface area (Å²) in [6, 6.07) is 0.155. The van der Waals surface area contributed by atoms with E-state index in [1.807, 2.05) is 17.1 Å². The van der Waals surface area contributed by atoms with Gasteiger partial charge in [0.15, 0.2) is 5.41 Å². The van der Waals surface area contributed by atoms with E-state index in [1.54, 1.807) is 4.90 Å². The third kappa shape index (κ3) is 3.88. The predicted molar refractivity (Wildman–Crippen MR) is 107 cm³/mol. The Hall–Kier alpha value is -1.70. The molecule has 0 unspecified atom stereocenters. The van der Waals surface area contributed by atoms with Crippen LogP contribution < -0.4 is 5.32 Å². The molecule has 0 aromatic heterocycles. The summed E-state index contributed by atoms with van der Waals surface area (Å²) in [6.07, 6.45) is 11.1. The predicted octanol–water partition coefficient (Wildman–Crippen LogP) is 0.244. The fourth-order valence-corrected chi connectivity index (χ4v) is 4.61. The van der Waals surface area contributed by atoms with Crippen LogP contribution in [0.4, 0.5) is 0 Å². The topological polar surface area (TPSA) is 65.1 Å². The standard InChI is InChI=1S/C21H32N4O3/c26-19(24-10-2-1-3-11-24)21(20(27)25-14-16-28-17-15-25)6-4-18(5-7-21)23-12-8-22-9-13-23/h4-7,18,22H,1-3,8-17H2. The molecule has 3 heterocycles. The highest BCUT2D eigenvalue weighted by atomic mass is 16.5. The van der Waals surface area contributed by atoms with E-state index in [1.165, 1.54) is 0 Å². The fourth-order valence-electron chi connectivity index (χ4n) is 4.61. The molecule has 0 atom stereocenters. The number of morpholine rings is 1. The van der Waals surface area contributed by atoms with Crippen LogP contribution in [0.25, 0.3) is 0 Å². The minimum atomic E-state index is -1.20. The van der Waals surface area contributed by atoms with Crippen molar-refractivity contribution < 1.29 is 14.3 Å². The molecule has 4 aliphatic rings. The Kier molecular flexibility index (Phi) is 6.13. The zero-order chi connectivity index (χ0) is 19.4. The summed E-state index contributed by atoms with van der Waals surface area (Å²) in [5.74, 6) is -0.160. The highest BCUT2D eigenvalue weighted by molar-refractivity contribution is 6.09. The third-order valence-corrected chi connectivity index (χ3v) is 6.34. The molecule has 4 rings (SSSR count). The first-order chi connectivity index (χ1) is 13.7. The molecule has 1 aliphatic carbocycles. The van der Waals surface area contributed by atoms with Crippen molar-refractivity contribution >= 4 is 11.8 Å². The van der Waals surface area contributed by atoms with Crippen molar-refractivity contribution in [3.8, 4) is 0 Å². The zero-order valence-electron chi connectivity index (χ0n) is 16.6. The molecule has 28 heavy (non-hydrogen) atoms. The normalized spacial score (nSPS) is 31.8. The Bertz CT molecular complexity index is 584. The Balaban J connectivity index is 1.57. The van der Waals surface area contributed by atoms with E-state index < -0.39 is 5.41 Å². The number of nitrogens with zero attached hydrogens (tertiary/aromatic N) is 3. The Morgan fingerprint density at radius 2 is 1.39 bits per heavy atom. The largest absolute Gasteiger partial charge is 0.378 e. The van der Waals surface area contributed by atoms with Crippen LogP contribution in [0.5, 0.6) is 0 Å². The quantitative estimate of drug-likeness (QED) is 0.554. The van der Waals surface area contributed by atoms with Gasteiger partial charge < -0.3 is 19.9 Å². The van der Waals surface area contributed by atoms with Gasteiger partial charge in [-0.15, -0.1) is 0 Å². The first-order valence-corrected chi connectivity index (χ1v) is 10.7. The van der Waals surface area contributed by atoms with Crippen LogP contribution in [0, 0.1) is 5.41 Å². The van der Waals surface area contributed by atoms with Crippen molar-refractivity contribution in [3.05, 3.63) is 24.3 Å². The summed E-state index contributed by atoms with van der Waals surface area (Å²) in [5.41, 5.74) is -1.20. The maximum absolute atomic E-state index is 13.6. The number of carbonyl (C=O) groups excluding carboxylic acids is 2. The molecule has 7 heteroatoms. The highest BCUT2D eigenvalue weighted by Gasteiger charge is 2.48. The Labute approximate surface area is 167 Å². The van der Waals surface area contributed by atoms with Crippen molar-refractivity contribution in [2.75, 3.05) is 65.6 Å². The molecule has 0 bridgehead atoms. The van der Waals surface area contributed by atoms with Crippen LogP contribution >= 0.6 is 0 Å². The van der Waals surface area contributed by atoms with Gasteiger partial charge in [-0.25, -0.2) is 0 Å². The van der Waals surface area contributed by atoms with Crippen LogP contribution in [0.15, 0.2) is 24.3 Å². The number of hydrogen-bond donors (Lipinski definition) is 1. The van der Waals surface area contributed by atoms with Crippen molar-refractivity contribution in [2.45, 2.75) is 25.3 Å². The summed E-state index contributed by atoms with van der Waals surface area (Å²) in [5, 5.41) is 3.37. The zero-order valence-corrected chi connectivity index (χ0v) is 16.6. The lowest BCUT2D eigenvalue weighted by Crippen LogP contribution is -2.56. The van der Waals surface area contributed by atoms with Crippen molar-refractivity contribution in [1.29, 1.82) is 0 Å². The molecule has 0 aromatic carbocycles. The molecule has 3 fully saturated rings. The van der Waals surface area contributed by atoms with Crippen LogP contribution in [0.2, 0.25) is 0 Å². The SMILES string of the molecule is O=C(N1CCCCC1)C1(C(=O)N2CCOCC2)C=CC(N2CCNCC2)C=C1. The second-order valence-electron chi connectivity index (χ2n) is 8.12. The second-order valence-corrected chi connectivity index (χ2v) is 8.12. The summed E-state index contributed by atoms with van der Waals surface area (Å²) in [4.78, 5) is 33.2. The molecule has 3 aliphatic heterocycles. The number of ether oxygens (including phenoxy) is 1. The number of piperidine rings is 1. The van der Waals surface area contributed by atoms with Gasteiger partial charge in [0.05, 0.1) is 13.2 Å². The molecule has 1 N–H and O–H groups in total. The maximum atomic E-state index is 13.6. The first kappa shape index (κ1) is 19.6. The lowest BCUT2D eigenvalue weighted by molar-refractivity contribution is -0.152. The molecular weight excluding hydrogens is 356 g/mol. The van der Waals surface area contributed by atoms with Gasteiger partial charge in [-0.05, 0) is 19.3 Å². The summed E-state index contributed by atoms with van der Waals surface area (Å²) >= 11 is 0. The van der Waals surface area contributed by atoms with Crippen LogP contribution in [0.1, 0.15) is 19.3 Å². The van der Waals surface area contributed by atoms with Gasteiger partial charge in [-0.2, -0.15) is 0 Å². The van der Waals surface area contributed by atoms with Gasteiger partial charge >= 0.3 is 0 Å². The van der Waals surface area contributed by atoms with Crippen molar-refractivity contribution in [2.24, 2.45) is 5.41 Å². The minimum Gasteiger partial charge on any atom is -0.378 e. The number of rotatable bonds is 3. The molecule has 2 amide bonds. The van der Waals surface area contributed by atoms with E-state index >= 15 is 0 Å². The van der Waals surface area contributed by atoms with E-state index in [2.05, 4.69) is 22.4 Å². The molecule has 154 valence electrons. The summed E-state index contributed by atoms with van der Waals surface area (Å²) < 4.78 is 5.41. The molecule has 3 saturated heterocycles. The molecule has 7 nitrogen and oxygen atoms in total. The number of piperazine rings is 1. The van der Waals surface area contributed by atoms with E-state index in [0.717, 1.165) is 58.5 Å². The smallest absolute Gasteiger partial charge is 0.246 e. The van der Waals surface area contributed by atoms with Crippen molar-refractivity contribution in [1.82, 2.24) is 20.0 Å². The fraction of sp³-hybridized carbons (Fsp3) is 0.714. The van der Waals surface area contributed by atoms with Gasteiger partial charge in [0.2, 0.25) is 11.8 Å². The second kappa shape index (κ2) is 8.76. The first-order valence-electron chi connectivity index (χ1n) is 10.7. The van der Waals surface area contributed by atoms with Gasteiger partial charge in [0.25, 0.3) is 0 Å². The lowest BCUT2D eigenvalue weighted by Gasteiger charge is -2.41.